The van der Waals surface area contributed by atoms with E-state index >= 15 is 0 Å². The summed E-state index contributed by atoms with van der Waals surface area (Å²) in [6, 6.07) is 14.7. The summed E-state index contributed by atoms with van der Waals surface area (Å²) in [7, 11) is 0. The molecule has 0 unspecified atom stereocenters. The lowest BCUT2D eigenvalue weighted by Crippen LogP contribution is -2.65. The number of hydrogen-bond donors (Lipinski definition) is 0. The molecule has 6 rings (SSSR count). The van der Waals surface area contributed by atoms with Crippen LogP contribution in [-0.4, -0.2) is 53.7 Å². The van der Waals surface area contributed by atoms with Gasteiger partial charge in [-0.2, -0.15) is 0 Å². The van der Waals surface area contributed by atoms with E-state index in [1.807, 2.05) is 0 Å². The number of rotatable bonds is 7. The molecule has 0 N–H and O–H groups in total. The van der Waals surface area contributed by atoms with Crippen molar-refractivity contribution in [1.82, 2.24) is 4.98 Å². The monoisotopic (exact) mass is 493 g/mol. The summed E-state index contributed by atoms with van der Waals surface area (Å²) in [4.78, 5) is 29.8. The number of carbonyl (C=O) groups excluding carboxylic acids is 2. The Kier molecular flexibility index (Phi) is 6.78. The first-order valence-corrected chi connectivity index (χ1v) is 12.1. The number of Topliss-reactive ketones (excluding diaryl/α,β-unsaturated/α-hetero) is 1. The third-order valence-electron chi connectivity index (χ3n) is 7.29. The highest BCUT2D eigenvalue weighted by Crippen LogP contribution is 2.36. The van der Waals surface area contributed by atoms with Gasteiger partial charge in [-0.1, -0.05) is 24.3 Å². The molecule has 186 valence electrons. The Balaban J connectivity index is 1.30. The Morgan fingerprint density at radius 2 is 1.56 bits per heavy atom. The maximum Gasteiger partial charge on any atom is 0.509 e. The van der Waals surface area contributed by atoms with Crippen LogP contribution in [-0.2, 0) is 9.47 Å². The molecule has 0 spiro atoms. The minimum atomic E-state index is -1.03. The smallest absolute Gasteiger partial charge is 0.425 e. The molecule has 3 aliphatic rings. The first kappa shape index (κ1) is 24.1. The van der Waals surface area contributed by atoms with Crippen molar-refractivity contribution in [2.45, 2.75) is 25.0 Å². The first-order chi connectivity index (χ1) is 17.4. The summed E-state index contributed by atoms with van der Waals surface area (Å²) in [5, 5.41) is 0. The number of quaternary nitrogens is 1. The van der Waals surface area contributed by atoms with Crippen LogP contribution in [0, 0.1) is 17.6 Å². The SMILES string of the molecule is O=C(OC(c1cccc(F)c1)c1cccc(F)c1)O[C@H]1C[N+]2(CC(=O)c3ccncc3)CCC1CC2. The Morgan fingerprint density at radius 3 is 2.14 bits per heavy atom. The zero-order chi connectivity index (χ0) is 25.1. The molecule has 0 radical (unpaired) electrons. The van der Waals surface area contributed by atoms with Gasteiger partial charge in [0.15, 0.2) is 12.2 Å². The molecule has 0 aliphatic carbocycles. The van der Waals surface area contributed by atoms with Gasteiger partial charge in [-0.05, 0) is 36.4 Å². The number of hydrogen-bond acceptors (Lipinski definition) is 5. The third-order valence-corrected chi connectivity index (χ3v) is 7.29. The normalized spacial score (nSPS) is 22.9. The number of ether oxygens (including phenoxy) is 2. The number of halogens is 2. The molecule has 3 aromatic rings. The van der Waals surface area contributed by atoms with Gasteiger partial charge in [0.2, 0.25) is 5.78 Å². The largest absolute Gasteiger partial charge is 0.509 e. The molecule has 36 heavy (non-hydrogen) atoms. The van der Waals surface area contributed by atoms with Crippen LogP contribution in [0.15, 0.2) is 73.1 Å². The Hall–Kier alpha value is -3.65. The Labute approximate surface area is 208 Å². The van der Waals surface area contributed by atoms with Crippen molar-refractivity contribution in [3.8, 4) is 0 Å². The molecule has 2 bridgehead atoms. The lowest BCUT2D eigenvalue weighted by atomic mass is 9.83. The standard InChI is InChI=1S/C28H27F2N2O4/c29-23-5-1-3-21(15-23)27(22-4-2-6-24(30)16-22)36-28(34)35-26-18-32(13-9-20(26)10-14-32)17-25(33)19-7-11-31-12-8-19/h1-8,11-12,15-16,20,26-27H,9-10,13-14,17-18H2/q+1/t20?,26-,32?/m0/s1. The highest BCUT2D eigenvalue weighted by molar-refractivity contribution is 5.96. The molecule has 6 nitrogen and oxygen atoms in total. The summed E-state index contributed by atoms with van der Waals surface area (Å²) < 4.78 is 39.8. The van der Waals surface area contributed by atoms with Crippen LogP contribution in [0.25, 0.3) is 0 Å². The summed E-state index contributed by atoms with van der Waals surface area (Å²) in [5.41, 5.74) is 1.37. The first-order valence-electron chi connectivity index (χ1n) is 12.1. The summed E-state index contributed by atoms with van der Waals surface area (Å²) in [6.07, 6.45) is 2.58. The van der Waals surface area contributed by atoms with Crippen LogP contribution in [0.3, 0.4) is 0 Å². The van der Waals surface area contributed by atoms with Gasteiger partial charge < -0.3 is 14.0 Å². The lowest BCUT2D eigenvalue weighted by Gasteiger charge is -2.51. The van der Waals surface area contributed by atoms with Gasteiger partial charge >= 0.3 is 6.16 Å². The summed E-state index contributed by atoms with van der Waals surface area (Å²) >= 11 is 0. The fraction of sp³-hybridized carbons (Fsp3) is 0.321. The fourth-order valence-corrected chi connectivity index (χ4v) is 5.43. The Bertz CT molecular complexity index is 1200. The highest BCUT2D eigenvalue weighted by Gasteiger charge is 2.49. The number of piperidine rings is 3. The van der Waals surface area contributed by atoms with Gasteiger partial charge in [-0.3, -0.25) is 9.78 Å². The molecule has 4 heterocycles. The molecule has 0 saturated carbocycles. The van der Waals surface area contributed by atoms with Crippen molar-refractivity contribution >= 4 is 11.9 Å². The number of ketones is 1. The van der Waals surface area contributed by atoms with E-state index in [0.717, 1.165) is 25.9 Å². The average molecular weight is 494 g/mol. The van der Waals surface area contributed by atoms with Crippen LogP contribution in [0.4, 0.5) is 13.6 Å². The maximum atomic E-state index is 13.9. The highest BCUT2D eigenvalue weighted by atomic mass is 19.1. The molecule has 1 atom stereocenters. The second-order valence-corrected chi connectivity index (χ2v) is 9.64. The zero-order valence-electron chi connectivity index (χ0n) is 19.7. The quantitative estimate of drug-likeness (QED) is 0.261. The van der Waals surface area contributed by atoms with Crippen LogP contribution >= 0.6 is 0 Å². The maximum absolute atomic E-state index is 13.9. The van der Waals surface area contributed by atoms with E-state index in [0.29, 0.717) is 34.3 Å². The van der Waals surface area contributed by atoms with E-state index in [2.05, 4.69) is 4.98 Å². The van der Waals surface area contributed by atoms with Gasteiger partial charge in [-0.15, -0.1) is 0 Å². The van der Waals surface area contributed by atoms with Crippen molar-refractivity contribution < 1.29 is 32.3 Å². The molecule has 0 amide bonds. The van der Waals surface area contributed by atoms with Crippen LogP contribution in [0.5, 0.6) is 0 Å². The topological polar surface area (TPSA) is 65.5 Å². The van der Waals surface area contributed by atoms with E-state index in [1.54, 1.807) is 36.7 Å². The van der Waals surface area contributed by atoms with E-state index in [9.17, 15) is 18.4 Å². The minimum Gasteiger partial charge on any atom is -0.425 e. The average Bonchev–Trinajstić information content (AvgIpc) is 2.88. The van der Waals surface area contributed by atoms with Crippen molar-refractivity contribution in [1.29, 1.82) is 0 Å². The van der Waals surface area contributed by atoms with Crippen molar-refractivity contribution in [2.24, 2.45) is 5.92 Å². The van der Waals surface area contributed by atoms with Crippen LogP contribution in [0.1, 0.15) is 40.4 Å². The number of pyridine rings is 1. The molecule has 3 aliphatic heterocycles. The van der Waals surface area contributed by atoms with Gasteiger partial charge in [0.25, 0.3) is 0 Å². The minimum absolute atomic E-state index is 0.0383. The fourth-order valence-electron chi connectivity index (χ4n) is 5.43. The lowest BCUT2D eigenvalue weighted by molar-refractivity contribution is -0.938. The van der Waals surface area contributed by atoms with Crippen LogP contribution < -0.4 is 0 Å². The number of benzene rings is 2. The molecule has 8 heteroatoms. The van der Waals surface area contributed by atoms with Gasteiger partial charge in [0.1, 0.15) is 24.7 Å². The van der Waals surface area contributed by atoms with E-state index in [-0.39, 0.29) is 11.7 Å². The predicted octanol–water partition coefficient (Wildman–Crippen LogP) is 5.09. The van der Waals surface area contributed by atoms with Gasteiger partial charge in [0.05, 0.1) is 13.1 Å². The second kappa shape index (κ2) is 10.1. The van der Waals surface area contributed by atoms with E-state index in [4.69, 9.17) is 9.47 Å². The number of nitrogens with zero attached hydrogens (tertiary/aromatic N) is 2. The van der Waals surface area contributed by atoms with Crippen molar-refractivity contribution in [3.05, 3.63) is 101 Å². The van der Waals surface area contributed by atoms with Gasteiger partial charge in [-0.25, -0.2) is 13.6 Å². The molecular weight excluding hydrogens is 466 g/mol. The zero-order valence-corrected chi connectivity index (χ0v) is 19.7. The summed E-state index contributed by atoms with van der Waals surface area (Å²) in [6.45, 7) is 2.57. The molecule has 2 aromatic carbocycles. The number of aromatic nitrogens is 1. The number of carbonyl (C=O) groups is 2. The summed E-state index contributed by atoms with van der Waals surface area (Å²) in [5.74, 6) is -0.756. The van der Waals surface area contributed by atoms with Crippen LogP contribution in [0.2, 0.25) is 0 Å². The van der Waals surface area contributed by atoms with E-state index in [1.165, 1.54) is 36.4 Å². The molecule has 1 aromatic heterocycles. The van der Waals surface area contributed by atoms with Crippen molar-refractivity contribution in [3.63, 3.8) is 0 Å². The molecule has 3 fully saturated rings. The van der Waals surface area contributed by atoms with Gasteiger partial charge in [0, 0.05) is 47.8 Å². The second-order valence-electron chi connectivity index (χ2n) is 9.64. The Morgan fingerprint density at radius 1 is 0.944 bits per heavy atom. The number of fused-ring (bicyclic) bond motifs is 3. The molecular formula is C28H27F2N2O4+. The van der Waals surface area contributed by atoms with E-state index < -0.39 is 30.0 Å². The molecule has 3 saturated heterocycles. The predicted molar refractivity (Wildman–Crippen MR) is 127 cm³/mol. The van der Waals surface area contributed by atoms with Crippen molar-refractivity contribution in [2.75, 3.05) is 26.2 Å². The third kappa shape index (κ3) is 5.28.